The number of nitrogens with zero attached hydrogens (tertiary/aromatic N) is 3. The van der Waals surface area contributed by atoms with E-state index in [0.717, 1.165) is 69.4 Å². The maximum Gasteiger partial charge on any atom is 0.253 e. The third-order valence-electron chi connectivity index (χ3n) is 7.15. The van der Waals surface area contributed by atoms with Crippen LogP contribution >= 0.6 is 0 Å². The number of anilines is 2. The van der Waals surface area contributed by atoms with Gasteiger partial charge in [0.25, 0.3) is 5.91 Å². The number of hydrogen-bond donors (Lipinski definition) is 1. The summed E-state index contributed by atoms with van der Waals surface area (Å²) in [5, 5.41) is 2.94. The number of piperidine rings is 2. The molecule has 1 N–H and O–H groups in total. The number of carbonyl (C=O) groups is 3. The number of likely N-dealkylation sites (tertiary alicyclic amines) is 1. The second-order valence-electron chi connectivity index (χ2n) is 9.45. The summed E-state index contributed by atoms with van der Waals surface area (Å²) in [5.74, 6) is -0.256. The molecule has 3 heterocycles. The lowest BCUT2D eigenvalue weighted by Crippen LogP contribution is -2.57. The first kappa shape index (κ1) is 22.4. The van der Waals surface area contributed by atoms with E-state index < -0.39 is 0 Å². The van der Waals surface area contributed by atoms with Crippen LogP contribution in [0, 0.1) is 0 Å². The summed E-state index contributed by atoms with van der Waals surface area (Å²) < 4.78 is 0. The minimum atomic E-state index is -0.244. The van der Waals surface area contributed by atoms with Crippen molar-refractivity contribution in [2.24, 2.45) is 0 Å². The number of carbonyl (C=O) groups excluding carboxylic acids is 3. The van der Waals surface area contributed by atoms with Gasteiger partial charge in [-0.05, 0) is 62.3 Å². The molecule has 0 saturated carbocycles. The predicted octanol–water partition coefficient (Wildman–Crippen LogP) is 3.33. The van der Waals surface area contributed by atoms with Gasteiger partial charge in [0.15, 0.2) is 0 Å². The Morgan fingerprint density at radius 3 is 2.44 bits per heavy atom. The zero-order chi connectivity index (χ0) is 23.5. The van der Waals surface area contributed by atoms with Gasteiger partial charge in [0.05, 0.1) is 11.4 Å². The molecule has 2 fully saturated rings. The van der Waals surface area contributed by atoms with Crippen molar-refractivity contribution in [1.82, 2.24) is 10.2 Å². The first-order chi connectivity index (χ1) is 16.6. The summed E-state index contributed by atoms with van der Waals surface area (Å²) in [4.78, 5) is 45.2. The monoisotopic (exact) mass is 460 g/mol. The molecule has 7 heteroatoms. The smallest absolute Gasteiger partial charge is 0.253 e. The molecule has 1 atom stereocenters. The number of nitrogens with one attached hydrogen (secondary N) is 1. The zero-order valence-electron chi connectivity index (χ0n) is 19.5. The highest BCUT2D eigenvalue weighted by atomic mass is 16.2. The van der Waals surface area contributed by atoms with Gasteiger partial charge in [-0.1, -0.05) is 30.3 Å². The first-order valence-electron chi connectivity index (χ1n) is 12.4. The molecule has 3 amide bonds. The molecule has 2 aromatic rings. The van der Waals surface area contributed by atoms with Crippen molar-refractivity contribution in [2.75, 3.05) is 36.0 Å². The minimum Gasteiger partial charge on any atom is -0.358 e. The van der Waals surface area contributed by atoms with Crippen LogP contribution in [0.1, 0.15) is 54.4 Å². The second kappa shape index (κ2) is 9.87. The van der Waals surface area contributed by atoms with E-state index in [1.54, 1.807) is 4.90 Å². The number of benzene rings is 2. The van der Waals surface area contributed by atoms with E-state index in [1.165, 1.54) is 0 Å². The lowest BCUT2D eigenvalue weighted by atomic mass is 9.95. The predicted molar refractivity (Wildman–Crippen MR) is 132 cm³/mol. The van der Waals surface area contributed by atoms with Crippen LogP contribution in [0.5, 0.6) is 0 Å². The number of hydrogen-bond acceptors (Lipinski definition) is 4. The van der Waals surface area contributed by atoms with Gasteiger partial charge in [-0.25, -0.2) is 0 Å². The number of rotatable bonds is 5. The maximum absolute atomic E-state index is 13.5. The Morgan fingerprint density at radius 1 is 0.882 bits per heavy atom. The Bertz CT molecular complexity index is 1060. The third kappa shape index (κ3) is 4.52. The molecule has 178 valence electrons. The molecule has 0 spiro atoms. The molecule has 3 aliphatic rings. The van der Waals surface area contributed by atoms with Gasteiger partial charge in [-0.15, -0.1) is 0 Å². The Morgan fingerprint density at radius 2 is 1.65 bits per heavy atom. The molecule has 0 aliphatic carbocycles. The van der Waals surface area contributed by atoms with Crippen LogP contribution in [-0.2, 0) is 16.1 Å². The first-order valence-corrected chi connectivity index (χ1v) is 12.4. The van der Waals surface area contributed by atoms with E-state index in [4.69, 9.17) is 0 Å². The van der Waals surface area contributed by atoms with Crippen molar-refractivity contribution in [2.45, 2.75) is 51.1 Å². The molecule has 0 bridgehead atoms. The van der Waals surface area contributed by atoms with E-state index in [2.05, 4.69) is 10.2 Å². The van der Waals surface area contributed by atoms with Crippen LogP contribution in [0.3, 0.4) is 0 Å². The highest BCUT2D eigenvalue weighted by molar-refractivity contribution is 6.09. The lowest BCUT2D eigenvalue weighted by molar-refractivity contribution is -0.125. The van der Waals surface area contributed by atoms with Gasteiger partial charge < -0.3 is 15.1 Å². The SMILES string of the molecule is O=C(CN1C(=O)C2CCCCN2c2ccc(C(=O)N3CCCCC3)cc21)NCc1ccccc1. The molecule has 5 rings (SSSR count). The molecule has 34 heavy (non-hydrogen) atoms. The Balaban J connectivity index is 1.40. The van der Waals surface area contributed by atoms with E-state index >= 15 is 0 Å². The molecule has 3 aliphatic heterocycles. The van der Waals surface area contributed by atoms with Crippen molar-refractivity contribution in [3.05, 3.63) is 59.7 Å². The molecule has 0 aromatic heterocycles. The fraction of sp³-hybridized carbons (Fsp3) is 0.444. The highest BCUT2D eigenvalue weighted by Crippen LogP contribution is 2.40. The van der Waals surface area contributed by atoms with Gasteiger partial charge in [0.1, 0.15) is 12.6 Å². The largest absolute Gasteiger partial charge is 0.358 e. The Hall–Kier alpha value is -3.35. The average molecular weight is 461 g/mol. The minimum absolute atomic E-state index is 0.00388. The van der Waals surface area contributed by atoms with Crippen LogP contribution < -0.4 is 15.1 Å². The van der Waals surface area contributed by atoms with Gasteiger partial charge in [-0.3, -0.25) is 19.3 Å². The zero-order valence-corrected chi connectivity index (χ0v) is 19.5. The topological polar surface area (TPSA) is 73.0 Å². The second-order valence-corrected chi connectivity index (χ2v) is 9.45. The molecular weight excluding hydrogens is 428 g/mol. The summed E-state index contributed by atoms with van der Waals surface area (Å²) in [6.45, 7) is 2.72. The van der Waals surface area contributed by atoms with Crippen molar-refractivity contribution < 1.29 is 14.4 Å². The van der Waals surface area contributed by atoms with Gasteiger partial charge in [-0.2, -0.15) is 0 Å². The Kier molecular flexibility index (Phi) is 6.52. The normalized spacial score (nSPS) is 19.9. The Labute approximate surface area is 200 Å². The van der Waals surface area contributed by atoms with Gasteiger partial charge in [0, 0.05) is 31.7 Å². The summed E-state index contributed by atoms with van der Waals surface area (Å²) >= 11 is 0. The molecular formula is C27H32N4O3. The molecule has 2 saturated heterocycles. The molecule has 0 radical (unpaired) electrons. The summed E-state index contributed by atoms with van der Waals surface area (Å²) in [7, 11) is 0. The molecule has 2 aromatic carbocycles. The molecule has 1 unspecified atom stereocenters. The van der Waals surface area contributed by atoms with Crippen LogP contribution in [0.25, 0.3) is 0 Å². The fourth-order valence-corrected chi connectivity index (χ4v) is 5.33. The van der Waals surface area contributed by atoms with Crippen molar-refractivity contribution in [3.8, 4) is 0 Å². The van der Waals surface area contributed by atoms with Crippen LogP contribution in [0.4, 0.5) is 11.4 Å². The van der Waals surface area contributed by atoms with E-state index in [0.29, 0.717) is 17.8 Å². The highest BCUT2D eigenvalue weighted by Gasteiger charge is 2.40. The third-order valence-corrected chi connectivity index (χ3v) is 7.15. The lowest BCUT2D eigenvalue weighted by Gasteiger charge is -2.45. The maximum atomic E-state index is 13.5. The van der Waals surface area contributed by atoms with E-state index in [1.807, 2.05) is 53.4 Å². The summed E-state index contributed by atoms with van der Waals surface area (Å²) in [6, 6.07) is 15.1. The van der Waals surface area contributed by atoms with Gasteiger partial charge in [0.2, 0.25) is 11.8 Å². The van der Waals surface area contributed by atoms with Gasteiger partial charge >= 0.3 is 0 Å². The fourth-order valence-electron chi connectivity index (χ4n) is 5.33. The average Bonchev–Trinajstić information content (AvgIpc) is 2.90. The quantitative estimate of drug-likeness (QED) is 0.743. The van der Waals surface area contributed by atoms with Crippen LogP contribution in [-0.4, -0.2) is 54.8 Å². The van der Waals surface area contributed by atoms with Crippen LogP contribution in [0.2, 0.25) is 0 Å². The van der Waals surface area contributed by atoms with Crippen molar-refractivity contribution >= 4 is 29.1 Å². The van der Waals surface area contributed by atoms with E-state index in [-0.39, 0.29) is 30.3 Å². The molecule has 7 nitrogen and oxygen atoms in total. The number of amides is 3. The van der Waals surface area contributed by atoms with Crippen molar-refractivity contribution in [1.29, 1.82) is 0 Å². The summed E-state index contributed by atoms with van der Waals surface area (Å²) in [6.07, 6.45) is 6.04. The van der Waals surface area contributed by atoms with Crippen molar-refractivity contribution in [3.63, 3.8) is 0 Å². The summed E-state index contributed by atoms with van der Waals surface area (Å²) in [5.41, 5.74) is 3.20. The number of fused-ring (bicyclic) bond motifs is 3. The van der Waals surface area contributed by atoms with E-state index in [9.17, 15) is 14.4 Å². The van der Waals surface area contributed by atoms with Crippen LogP contribution in [0.15, 0.2) is 48.5 Å². The standard InChI is InChI=1S/C27H32N4O3/c32-25(28-18-20-9-3-1-4-10-20)19-31-24-17-21(26(33)29-14-6-2-7-15-29)12-13-22(24)30-16-8-5-11-23(30)27(31)34/h1,3-4,9-10,12-13,17,23H,2,5-8,11,14-16,18-19H2,(H,28,32).